The van der Waals surface area contributed by atoms with Crippen LogP contribution in [0, 0.1) is 5.92 Å². The third-order valence-electron chi connectivity index (χ3n) is 5.87. The largest absolute Gasteiger partial charge is 0.437 e. The lowest BCUT2D eigenvalue weighted by molar-refractivity contribution is -0.0187. The van der Waals surface area contributed by atoms with Crippen molar-refractivity contribution in [3.63, 3.8) is 0 Å². The number of carbonyl (C=O) groups is 2. The van der Waals surface area contributed by atoms with Gasteiger partial charge in [0.15, 0.2) is 11.2 Å². The molecule has 0 unspecified atom stereocenters. The molecule has 32 heavy (non-hydrogen) atoms. The van der Waals surface area contributed by atoms with E-state index in [4.69, 9.17) is 10.5 Å². The number of ether oxygens (including phenoxy) is 1. The van der Waals surface area contributed by atoms with Crippen LogP contribution in [0.25, 0.3) is 10.3 Å². The number of nitrogens with one attached hydrogen (secondary N) is 2. The molecule has 5 rings (SSSR count). The number of nitrogens with two attached hydrogens (primary N) is 1. The van der Waals surface area contributed by atoms with Gasteiger partial charge in [0.2, 0.25) is 0 Å². The second-order valence-electron chi connectivity index (χ2n) is 8.58. The van der Waals surface area contributed by atoms with Gasteiger partial charge in [0, 0.05) is 24.2 Å². The summed E-state index contributed by atoms with van der Waals surface area (Å²) in [5, 5.41) is 7.28. The van der Waals surface area contributed by atoms with Crippen molar-refractivity contribution < 1.29 is 14.3 Å². The van der Waals surface area contributed by atoms with Crippen LogP contribution in [0.15, 0.2) is 30.6 Å². The van der Waals surface area contributed by atoms with Gasteiger partial charge in [-0.3, -0.25) is 9.78 Å². The van der Waals surface area contributed by atoms with Gasteiger partial charge in [0.25, 0.3) is 5.91 Å². The van der Waals surface area contributed by atoms with Gasteiger partial charge in [-0.25, -0.2) is 14.8 Å². The molecule has 0 radical (unpaired) electrons. The molecule has 1 saturated heterocycles. The van der Waals surface area contributed by atoms with Crippen molar-refractivity contribution in [3.8, 4) is 0 Å². The number of nitrogens with zero attached hydrogens (tertiary/aromatic N) is 3. The summed E-state index contributed by atoms with van der Waals surface area (Å²) in [5.74, 6) is 0.403. The Bertz CT molecular complexity index is 1190. The molecule has 1 saturated carbocycles. The third kappa shape index (κ3) is 4.03. The van der Waals surface area contributed by atoms with Crippen LogP contribution in [0.5, 0.6) is 0 Å². The highest BCUT2D eigenvalue weighted by Crippen LogP contribution is 2.43. The predicted octanol–water partition coefficient (Wildman–Crippen LogP) is 3.14. The molecule has 4 heterocycles. The molecule has 2 aliphatic rings. The Labute approximate surface area is 188 Å². The Morgan fingerprint density at radius 2 is 2.12 bits per heavy atom. The van der Waals surface area contributed by atoms with Crippen LogP contribution in [-0.2, 0) is 10.3 Å². The number of piperidine rings is 1. The topological polar surface area (TPSA) is 132 Å². The third-order valence-corrected chi connectivity index (χ3v) is 7.04. The number of fused-ring (bicyclic) bond motifs is 1. The van der Waals surface area contributed by atoms with Crippen molar-refractivity contribution in [2.45, 2.75) is 37.7 Å². The average Bonchev–Trinajstić information content (AvgIpc) is 3.52. The van der Waals surface area contributed by atoms with Crippen molar-refractivity contribution >= 4 is 39.4 Å². The predicted molar refractivity (Wildman–Crippen MR) is 121 cm³/mol. The maximum atomic E-state index is 13.1. The lowest BCUT2D eigenvalue weighted by Gasteiger charge is -2.40. The van der Waals surface area contributed by atoms with E-state index in [-0.39, 0.29) is 17.5 Å². The zero-order valence-corrected chi connectivity index (χ0v) is 18.4. The fourth-order valence-electron chi connectivity index (χ4n) is 4.30. The minimum Gasteiger partial charge on any atom is -0.437 e. The first kappa shape index (κ1) is 20.8. The van der Waals surface area contributed by atoms with Crippen molar-refractivity contribution in [2.24, 2.45) is 11.7 Å². The lowest BCUT2D eigenvalue weighted by atomic mass is 9.81. The van der Waals surface area contributed by atoms with E-state index in [1.54, 1.807) is 35.9 Å². The second-order valence-corrected chi connectivity index (χ2v) is 9.64. The molecule has 3 aromatic heterocycles. The molecule has 0 spiro atoms. The number of anilines is 1. The van der Waals surface area contributed by atoms with E-state index in [1.165, 1.54) is 12.8 Å². The number of rotatable bonds is 5. The minimum absolute atomic E-state index is 0.245. The molecule has 2 atom stereocenters. The molecule has 166 valence electrons. The van der Waals surface area contributed by atoms with Gasteiger partial charge in [-0.15, -0.1) is 11.3 Å². The lowest BCUT2D eigenvalue weighted by Crippen LogP contribution is -2.50. The van der Waals surface area contributed by atoms with Crippen LogP contribution < -0.4 is 16.4 Å². The zero-order chi connectivity index (χ0) is 22.3. The van der Waals surface area contributed by atoms with Crippen molar-refractivity contribution in [2.75, 3.05) is 18.4 Å². The molecule has 0 bridgehead atoms. The molecule has 2 fully saturated rings. The van der Waals surface area contributed by atoms with Crippen LogP contribution >= 0.6 is 11.3 Å². The Morgan fingerprint density at radius 1 is 1.28 bits per heavy atom. The van der Waals surface area contributed by atoms with E-state index in [1.807, 2.05) is 6.07 Å². The molecule has 9 nitrogen and oxygen atoms in total. The summed E-state index contributed by atoms with van der Waals surface area (Å²) in [6.07, 6.45) is 5.19. The van der Waals surface area contributed by atoms with Crippen molar-refractivity contribution in [1.82, 2.24) is 20.3 Å². The van der Waals surface area contributed by atoms with Gasteiger partial charge in [0.1, 0.15) is 5.69 Å². The monoisotopic (exact) mass is 452 g/mol. The summed E-state index contributed by atoms with van der Waals surface area (Å²) >= 11 is 1.64. The van der Waals surface area contributed by atoms with Gasteiger partial charge in [0.05, 0.1) is 21.6 Å². The maximum absolute atomic E-state index is 13.1. The second kappa shape index (κ2) is 8.10. The molecule has 10 heteroatoms. The van der Waals surface area contributed by atoms with E-state index < -0.39 is 11.7 Å². The molecule has 1 aliphatic carbocycles. The van der Waals surface area contributed by atoms with Crippen LogP contribution in [0.4, 0.5) is 10.5 Å². The molecule has 2 amide bonds. The molecular formula is C22H24N6O3S. The first-order valence-electron chi connectivity index (χ1n) is 10.7. The number of thiazole rings is 1. The first-order chi connectivity index (χ1) is 15.4. The Kier molecular flexibility index (Phi) is 5.26. The molecule has 1 aliphatic heterocycles. The highest BCUT2D eigenvalue weighted by Gasteiger charge is 2.42. The Morgan fingerprint density at radius 3 is 2.88 bits per heavy atom. The highest BCUT2D eigenvalue weighted by atomic mass is 32.1. The Hall–Kier alpha value is -3.11. The number of pyridine rings is 2. The smallest absolute Gasteiger partial charge is 0.405 e. The highest BCUT2D eigenvalue weighted by molar-refractivity contribution is 7.18. The van der Waals surface area contributed by atoms with Crippen LogP contribution in [0.1, 0.15) is 53.2 Å². The van der Waals surface area contributed by atoms with Crippen molar-refractivity contribution in [3.05, 3.63) is 46.9 Å². The number of hydrogen-bond acceptors (Lipinski definition) is 8. The van der Waals surface area contributed by atoms with Gasteiger partial charge in [-0.1, -0.05) is 6.92 Å². The van der Waals surface area contributed by atoms with Gasteiger partial charge >= 0.3 is 6.09 Å². The van der Waals surface area contributed by atoms with E-state index in [0.717, 1.165) is 16.3 Å². The number of carbonyl (C=O) groups excluding carboxylic acids is 2. The van der Waals surface area contributed by atoms with Crippen LogP contribution in [-0.4, -0.2) is 40.0 Å². The van der Waals surface area contributed by atoms with Gasteiger partial charge in [-0.05, 0) is 49.9 Å². The van der Waals surface area contributed by atoms with Crippen LogP contribution in [0.3, 0.4) is 0 Å². The Balaban J connectivity index is 1.45. The number of amides is 2. The first-order valence-corrected chi connectivity index (χ1v) is 11.5. The number of hydrogen-bond donors (Lipinski definition) is 3. The van der Waals surface area contributed by atoms with Gasteiger partial charge < -0.3 is 21.1 Å². The van der Waals surface area contributed by atoms with Gasteiger partial charge in [-0.2, -0.15) is 0 Å². The molecule has 3 aromatic rings. The molecule has 4 N–H and O–H groups in total. The summed E-state index contributed by atoms with van der Waals surface area (Å²) in [7, 11) is 0. The number of aromatic nitrogens is 3. The molecular weight excluding hydrogens is 428 g/mol. The normalized spacial score (nSPS) is 23.1. The quantitative estimate of drug-likeness (QED) is 0.542. The van der Waals surface area contributed by atoms with E-state index in [0.29, 0.717) is 35.8 Å². The summed E-state index contributed by atoms with van der Waals surface area (Å²) in [6.45, 7) is 3.25. The number of primary amides is 1. The van der Waals surface area contributed by atoms with E-state index in [9.17, 15) is 9.59 Å². The fourth-order valence-corrected chi connectivity index (χ4v) is 5.38. The van der Waals surface area contributed by atoms with Crippen LogP contribution in [0.2, 0.25) is 0 Å². The molecule has 0 aromatic carbocycles. The maximum Gasteiger partial charge on any atom is 0.405 e. The van der Waals surface area contributed by atoms with E-state index >= 15 is 0 Å². The zero-order valence-electron chi connectivity index (χ0n) is 17.6. The fraction of sp³-hybridized carbons (Fsp3) is 0.409. The summed E-state index contributed by atoms with van der Waals surface area (Å²) in [4.78, 5) is 38.0. The minimum atomic E-state index is -0.999. The summed E-state index contributed by atoms with van der Waals surface area (Å²) in [6, 6.07) is 5.33. The summed E-state index contributed by atoms with van der Waals surface area (Å²) in [5.41, 5.74) is 6.36. The summed E-state index contributed by atoms with van der Waals surface area (Å²) < 4.78 is 6.60. The average molecular weight is 453 g/mol. The van der Waals surface area contributed by atoms with Crippen molar-refractivity contribution in [1.29, 1.82) is 0 Å². The standard InChI is InChI=1S/C22H24N6O3S/c1-12-8-22(11-25-9-12,31-21(23)30)14-6-7-24-10-16(14)27-19(29)15-4-5-17-18(26-15)28-20(32-17)13-2-3-13/h4-7,10,12-13,25H,2-3,8-9,11H2,1H3,(H2,23,30)(H,27,29)/t12-,22-/m1/s1. The van der Waals surface area contributed by atoms with E-state index in [2.05, 4.69) is 32.5 Å². The SMILES string of the molecule is C[C@H]1CNC[C@@](OC(N)=O)(c2ccncc2NC(=O)c2ccc3sc(C4CC4)nc3n2)C1.